The maximum Gasteiger partial charge on any atom is 0.309 e. The monoisotopic (exact) mass is 408 g/mol. The molecule has 0 aromatic rings. The van der Waals surface area contributed by atoms with Crippen molar-refractivity contribution >= 4 is 5.97 Å². The second-order valence-corrected chi connectivity index (χ2v) is 9.98. The summed E-state index contributed by atoms with van der Waals surface area (Å²) in [5, 5.41) is 0. The Balaban J connectivity index is 1.55. The Morgan fingerprint density at radius 2 is 1.45 bits per heavy atom. The van der Waals surface area contributed by atoms with Gasteiger partial charge in [0, 0.05) is 6.61 Å². The summed E-state index contributed by atoms with van der Waals surface area (Å²) in [6, 6.07) is 0. The Bertz CT molecular complexity index is 420. The van der Waals surface area contributed by atoms with Gasteiger partial charge < -0.3 is 9.47 Å². The molecule has 0 N–H and O–H groups in total. The largest absolute Gasteiger partial charge is 0.462 e. The number of carbonyl (C=O) groups excluding carboxylic acids is 1. The fraction of sp³-hybridized carbons (Fsp3) is 0.962. The average Bonchev–Trinajstić information content (AvgIpc) is 2.74. The Labute approximate surface area is 180 Å². The van der Waals surface area contributed by atoms with Crippen molar-refractivity contribution in [2.75, 3.05) is 6.61 Å². The summed E-state index contributed by atoms with van der Waals surface area (Å²) >= 11 is 0. The number of esters is 1. The van der Waals surface area contributed by atoms with Crippen LogP contribution in [0.2, 0.25) is 0 Å². The van der Waals surface area contributed by atoms with Crippen molar-refractivity contribution < 1.29 is 14.3 Å². The van der Waals surface area contributed by atoms with E-state index in [9.17, 15) is 4.79 Å². The van der Waals surface area contributed by atoms with E-state index < -0.39 is 0 Å². The molecule has 2 aliphatic carbocycles. The molecule has 0 aromatic heterocycles. The van der Waals surface area contributed by atoms with Crippen molar-refractivity contribution in [2.45, 2.75) is 136 Å². The first kappa shape index (κ1) is 24.7. The van der Waals surface area contributed by atoms with Gasteiger partial charge in [-0.1, -0.05) is 65.7 Å². The number of ether oxygens (including phenoxy) is 2. The third kappa shape index (κ3) is 9.85. The van der Waals surface area contributed by atoms with Gasteiger partial charge in [-0.25, -0.2) is 0 Å². The normalized spacial score (nSPS) is 28.8. The highest BCUT2D eigenvalue weighted by molar-refractivity contribution is 5.72. The fourth-order valence-electron chi connectivity index (χ4n) is 5.07. The molecule has 29 heavy (non-hydrogen) atoms. The highest BCUT2D eigenvalue weighted by Gasteiger charge is 2.31. The van der Waals surface area contributed by atoms with Crippen LogP contribution < -0.4 is 0 Å². The summed E-state index contributed by atoms with van der Waals surface area (Å²) in [5.74, 6) is 1.71. The van der Waals surface area contributed by atoms with Crippen LogP contribution in [0.1, 0.15) is 124 Å². The van der Waals surface area contributed by atoms with E-state index in [2.05, 4.69) is 20.8 Å². The average molecular weight is 409 g/mol. The lowest BCUT2D eigenvalue weighted by Gasteiger charge is -2.32. The molecule has 0 bridgehead atoms. The first-order valence-electron chi connectivity index (χ1n) is 12.9. The summed E-state index contributed by atoms with van der Waals surface area (Å²) in [7, 11) is 0. The molecule has 0 radical (unpaired) electrons. The van der Waals surface area contributed by atoms with Crippen LogP contribution in [0.15, 0.2) is 0 Å². The zero-order chi connectivity index (χ0) is 20.9. The van der Waals surface area contributed by atoms with Gasteiger partial charge in [-0.05, 0) is 69.6 Å². The van der Waals surface area contributed by atoms with Crippen LogP contribution in [0.3, 0.4) is 0 Å². The smallest absolute Gasteiger partial charge is 0.309 e. The molecule has 0 saturated heterocycles. The zero-order valence-corrected chi connectivity index (χ0v) is 19.6. The maximum absolute atomic E-state index is 12.6. The van der Waals surface area contributed by atoms with Gasteiger partial charge in [0.25, 0.3) is 0 Å². The third-order valence-electron chi connectivity index (χ3n) is 7.22. The SMILES string of the molecule is CCCCCC(C)COC1CCC(C(=O)OC2CCC(CCCCC)CC2)CC1. The highest BCUT2D eigenvalue weighted by atomic mass is 16.5. The molecule has 2 fully saturated rings. The van der Waals surface area contributed by atoms with Crippen LogP contribution in [0, 0.1) is 17.8 Å². The minimum Gasteiger partial charge on any atom is -0.462 e. The molecule has 0 aromatic carbocycles. The number of carbonyl (C=O) groups is 1. The van der Waals surface area contributed by atoms with E-state index >= 15 is 0 Å². The molecule has 0 aliphatic heterocycles. The van der Waals surface area contributed by atoms with Gasteiger partial charge in [0.1, 0.15) is 6.10 Å². The Hall–Kier alpha value is -0.570. The van der Waals surface area contributed by atoms with Crippen molar-refractivity contribution in [1.29, 1.82) is 0 Å². The molecule has 0 heterocycles. The van der Waals surface area contributed by atoms with Gasteiger partial charge in [-0.15, -0.1) is 0 Å². The second kappa shape index (κ2) is 14.4. The number of hydrogen-bond acceptors (Lipinski definition) is 3. The standard InChI is InChI=1S/C26H48O3/c1-4-6-8-10-21(3)20-28-24-18-14-23(15-19-24)26(27)29-25-16-12-22(13-17-25)11-9-7-5-2/h21-25H,4-20H2,1-3H3. The quantitative estimate of drug-likeness (QED) is 0.234. The Morgan fingerprint density at radius 1 is 0.828 bits per heavy atom. The Kier molecular flexibility index (Phi) is 12.3. The second-order valence-electron chi connectivity index (χ2n) is 9.98. The fourth-order valence-corrected chi connectivity index (χ4v) is 5.07. The first-order chi connectivity index (χ1) is 14.1. The summed E-state index contributed by atoms with van der Waals surface area (Å²) in [5.41, 5.74) is 0. The van der Waals surface area contributed by atoms with E-state index in [4.69, 9.17) is 9.47 Å². The number of unbranched alkanes of at least 4 members (excludes halogenated alkanes) is 4. The van der Waals surface area contributed by atoms with Crippen molar-refractivity contribution in [1.82, 2.24) is 0 Å². The molecule has 2 rings (SSSR count). The molecule has 0 spiro atoms. The van der Waals surface area contributed by atoms with Gasteiger partial charge in [0.05, 0.1) is 12.0 Å². The lowest BCUT2D eigenvalue weighted by Crippen LogP contribution is -2.32. The van der Waals surface area contributed by atoms with Gasteiger partial charge in [0.2, 0.25) is 0 Å². The molecule has 2 saturated carbocycles. The summed E-state index contributed by atoms with van der Waals surface area (Å²) < 4.78 is 12.1. The van der Waals surface area contributed by atoms with Crippen LogP contribution >= 0.6 is 0 Å². The predicted molar refractivity (Wildman–Crippen MR) is 121 cm³/mol. The van der Waals surface area contributed by atoms with Crippen LogP contribution in [-0.4, -0.2) is 24.8 Å². The van der Waals surface area contributed by atoms with E-state index in [0.717, 1.165) is 51.0 Å². The first-order valence-corrected chi connectivity index (χ1v) is 12.9. The third-order valence-corrected chi connectivity index (χ3v) is 7.22. The van der Waals surface area contributed by atoms with Crippen molar-refractivity contribution in [3.63, 3.8) is 0 Å². The van der Waals surface area contributed by atoms with Crippen molar-refractivity contribution in [3.05, 3.63) is 0 Å². The molecule has 170 valence electrons. The number of rotatable bonds is 13. The predicted octanol–water partition coefficient (Wildman–Crippen LogP) is 7.46. The van der Waals surface area contributed by atoms with E-state index in [1.165, 1.54) is 64.2 Å². The van der Waals surface area contributed by atoms with Gasteiger partial charge in [-0.2, -0.15) is 0 Å². The van der Waals surface area contributed by atoms with E-state index in [1.54, 1.807) is 0 Å². The minimum absolute atomic E-state index is 0.0748. The van der Waals surface area contributed by atoms with Gasteiger partial charge >= 0.3 is 5.97 Å². The topological polar surface area (TPSA) is 35.5 Å². The molecule has 2 aliphatic rings. The lowest BCUT2D eigenvalue weighted by molar-refractivity contribution is -0.158. The maximum atomic E-state index is 12.6. The molecule has 1 unspecified atom stereocenters. The van der Waals surface area contributed by atoms with E-state index in [0.29, 0.717) is 12.0 Å². The highest BCUT2D eigenvalue weighted by Crippen LogP contribution is 2.32. The van der Waals surface area contributed by atoms with E-state index in [1.807, 2.05) is 0 Å². The lowest BCUT2D eigenvalue weighted by atomic mass is 9.83. The zero-order valence-electron chi connectivity index (χ0n) is 19.6. The summed E-state index contributed by atoms with van der Waals surface area (Å²) in [6.07, 6.45) is 19.7. The van der Waals surface area contributed by atoms with Crippen LogP contribution in [0.4, 0.5) is 0 Å². The Morgan fingerprint density at radius 3 is 2.10 bits per heavy atom. The van der Waals surface area contributed by atoms with Crippen LogP contribution in [0.25, 0.3) is 0 Å². The van der Waals surface area contributed by atoms with Crippen molar-refractivity contribution in [3.8, 4) is 0 Å². The molecule has 0 amide bonds. The van der Waals surface area contributed by atoms with Gasteiger partial charge in [0.15, 0.2) is 0 Å². The van der Waals surface area contributed by atoms with Crippen LogP contribution in [-0.2, 0) is 14.3 Å². The van der Waals surface area contributed by atoms with Gasteiger partial charge in [-0.3, -0.25) is 4.79 Å². The van der Waals surface area contributed by atoms with Crippen molar-refractivity contribution in [2.24, 2.45) is 17.8 Å². The van der Waals surface area contributed by atoms with Crippen LogP contribution in [0.5, 0.6) is 0 Å². The molecule has 3 nitrogen and oxygen atoms in total. The van der Waals surface area contributed by atoms with E-state index in [-0.39, 0.29) is 18.0 Å². The summed E-state index contributed by atoms with van der Waals surface area (Å²) in [4.78, 5) is 12.6. The summed E-state index contributed by atoms with van der Waals surface area (Å²) in [6.45, 7) is 7.71. The molecule has 3 heteroatoms. The minimum atomic E-state index is 0.0748. The molecule has 1 atom stereocenters. The molecular formula is C26H48O3. The number of hydrogen-bond donors (Lipinski definition) is 0. The molecular weight excluding hydrogens is 360 g/mol.